The summed E-state index contributed by atoms with van der Waals surface area (Å²) in [5.74, 6) is 0.757. The lowest BCUT2D eigenvalue weighted by Crippen LogP contribution is -2.12. The molecular formula is C19H18N2OS2. The largest absolute Gasteiger partial charge is 0.326 e. The van der Waals surface area contributed by atoms with E-state index in [4.69, 9.17) is 0 Å². The van der Waals surface area contributed by atoms with Gasteiger partial charge in [0.05, 0.1) is 5.69 Å². The number of hydrogen-bond acceptors (Lipinski definition) is 4. The van der Waals surface area contributed by atoms with Gasteiger partial charge in [-0.25, -0.2) is 4.98 Å². The smallest absolute Gasteiger partial charge is 0.225 e. The molecule has 3 nitrogen and oxygen atoms in total. The van der Waals surface area contributed by atoms with Crippen molar-refractivity contribution in [1.29, 1.82) is 0 Å². The summed E-state index contributed by atoms with van der Waals surface area (Å²) in [6.07, 6.45) is 0.471. The molecule has 1 N–H and O–H groups in total. The van der Waals surface area contributed by atoms with Crippen LogP contribution in [0.5, 0.6) is 0 Å². The summed E-state index contributed by atoms with van der Waals surface area (Å²) in [5.41, 5.74) is 4.11. The van der Waals surface area contributed by atoms with Crippen LogP contribution in [0.2, 0.25) is 0 Å². The zero-order chi connectivity index (χ0) is 16.8. The van der Waals surface area contributed by atoms with Gasteiger partial charge in [-0.3, -0.25) is 4.79 Å². The number of amides is 1. The molecular weight excluding hydrogens is 336 g/mol. The number of thioether (sulfide) groups is 1. The Hall–Kier alpha value is -2.11. The normalized spacial score (nSPS) is 10.5. The Kier molecular flexibility index (Phi) is 5.67. The molecule has 1 heterocycles. The van der Waals surface area contributed by atoms with Crippen LogP contribution in [0.1, 0.15) is 12.0 Å². The lowest BCUT2D eigenvalue weighted by atomic mass is 10.2. The van der Waals surface area contributed by atoms with Gasteiger partial charge in [-0.1, -0.05) is 54.2 Å². The van der Waals surface area contributed by atoms with E-state index in [9.17, 15) is 4.79 Å². The third-order valence-electron chi connectivity index (χ3n) is 3.41. The molecule has 0 fully saturated rings. The lowest BCUT2D eigenvalue weighted by molar-refractivity contribution is -0.115. The third kappa shape index (κ3) is 4.69. The number of rotatable bonds is 6. The van der Waals surface area contributed by atoms with Crippen LogP contribution in [0, 0.1) is 6.92 Å². The van der Waals surface area contributed by atoms with Gasteiger partial charge in [0.25, 0.3) is 0 Å². The third-order valence-corrected chi connectivity index (χ3v) is 5.43. The maximum absolute atomic E-state index is 12.0. The average molecular weight is 354 g/mol. The molecule has 0 spiro atoms. The van der Waals surface area contributed by atoms with Crippen molar-refractivity contribution in [2.45, 2.75) is 17.7 Å². The van der Waals surface area contributed by atoms with Gasteiger partial charge >= 0.3 is 0 Å². The second kappa shape index (κ2) is 8.13. The van der Waals surface area contributed by atoms with Crippen molar-refractivity contribution in [1.82, 2.24) is 4.98 Å². The van der Waals surface area contributed by atoms with E-state index in [1.165, 1.54) is 0 Å². The fraction of sp³-hybridized carbons (Fsp3) is 0.158. The van der Waals surface area contributed by atoms with Gasteiger partial charge in [-0.05, 0) is 24.6 Å². The Balaban J connectivity index is 1.48. The van der Waals surface area contributed by atoms with Crippen LogP contribution in [-0.4, -0.2) is 16.6 Å². The van der Waals surface area contributed by atoms with Gasteiger partial charge in [0, 0.05) is 28.8 Å². The molecule has 0 saturated carbocycles. The standard InChI is InChI=1S/C19H18N2OS2/c1-14-6-5-9-16(12-14)20-18(22)10-11-23-19-21-17(13-24-19)15-7-3-2-4-8-15/h2-9,12-13H,10-11H2,1H3,(H,20,22). The number of thiazole rings is 1. The second-order valence-corrected chi connectivity index (χ2v) is 7.58. The number of benzene rings is 2. The van der Waals surface area contributed by atoms with Gasteiger partial charge in [0.15, 0.2) is 4.34 Å². The Morgan fingerprint density at radius 3 is 2.79 bits per heavy atom. The fourth-order valence-corrected chi connectivity index (χ4v) is 4.09. The highest BCUT2D eigenvalue weighted by molar-refractivity contribution is 8.01. The molecule has 0 aliphatic carbocycles. The van der Waals surface area contributed by atoms with Gasteiger partial charge < -0.3 is 5.32 Å². The molecule has 3 rings (SSSR count). The molecule has 1 amide bonds. The molecule has 0 unspecified atom stereocenters. The number of nitrogens with one attached hydrogen (secondary N) is 1. The minimum atomic E-state index is 0.0351. The second-order valence-electron chi connectivity index (χ2n) is 5.38. The first kappa shape index (κ1) is 16.7. The monoisotopic (exact) mass is 354 g/mol. The van der Waals surface area contributed by atoms with Crippen molar-refractivity contribution in [3.63, 3.8) is 0 Å². The van der Waals surface area contributed by atoms with Gasteiger partial charge in [-0.15, -0.1) is 11.3 Å². The Labute approximate surface area is 150 Å². The molecule has 5 heteroatoms. The number of nitrogens with zero attached hydrogens (tertiary/aromatic N) is 1. The number of aryl methyl sites for hydroxylation is 1. The van der Waals surface area contributed by atoms with E-state index in [1.54, 1.807) is 23.1 Å². The van der Waals surface area contributed by atoms with E-state index in [0.29, 0.717) is 6.42 Å². The predicted molar refractivity (Wildman–Crippen MR) is 103 cm³/mol. The minimum absolute atomic E-state index is 0.0351. The first-order valence-corrected chi connectivity index (χ1v) is 9.57. The lowest BCUT2D eigenvalue weighted by Gasteiger charge is -2.05. The van der Waals surface area contributed by atoms with Crippen LogP contribution in [0.25, 0.3) is 11.3 Å². The van der Waals surface area contributed by atoms with Crippen LogP contribution in [0.15, 0.2) is 64.3 Å². The predicted octanol–water partition coefficient (Wildman–Crippen LogP) is 5.24. The fourth-order valence-electron chi connectivity index (χ4n) is 2.24. The SMILES string of the molecule is Cc1cccc(NC(=O)CCSc2nc(-c3ccccc3)cs2)c1. The summed E-state index contributed by atoms with van der Waals surface area (Å²) in [6, 6.07) is 18.0. The van der Waals surface area contributed by atoms with Crippen LogP contribution < -0.4 is 5.32 Å². The van der Waals surface area contributed by atoms with Crippen molar-refractivity contribution in [3.8, 4) is 11.3 Å². The first-order valence-electron chi connectivity index (χ1n) is 7.71. The highest BCUT2D eigenvalue weighted by atomic mass is 32.2. The molecule has 0 aliphatic heterocycles. The van der Waals surface area contributed by atoms with Crippen molar-refractivity contribution >= 4 is 34.7 Å². The number of anilines is 1. The summed E-state index contributed by atoms with van der Waals surface area (Å²) in [6.45, 7) is 2.01. The van der Waals surface area contributed by atoms with Crippen LogP contribution >= 0.6 is 23.1 Å². The van der Waals surface area contributed by atoms with E-state index in [-0.39, 0.29) is 5.91 Å². The highest BCUT2D eigenvalue weighted by Gasteiger charge is 2.07. The summed E-state index contributed by atoms with van der Waals surface area (Å²) in [5, 5.41) is 4.99. The molecule has 0 aliphatic rings. The Morgan fingerprint density at radius 2 is 2.00 bits per heavy atom. The first-order chi connectivity index (χ1) is 11.7. The molecule has 0 bridgehead atoms. The molecule has 1 aromatic heterocycles. The molecule has 3 aromatic rings. The maximum Gasteiger partial charge on any atom is 0.225 e. The molecule has 0 atom stereocenters. The quantitative estimate of drug-likeness (QED) is 0.616. The minimum Gasteiger partial charge on any atom is -0.326 e. The average Bonchev–Trinajstić information content (AvgIpc) is 3.04. The number of hydrogen-bond donors (Lipinski definition) is 1. The summed E-state index contributed by atoms with van der Waals surface area (Å²) < 4.78 is 0.997. The van der Waals surface area contributed by atoms with E-state index >= 15 is 0 Å². The van der Waals surface area contributed by atoms with E-state index in [0.717, 1.165) is 32.6 Å². The molecule has 0 radical (unpaired) electrons. The Bertz CT molecular complexity index is 815. The van der Waals surface area contributed by atoms with Gasteiger partial charge in [0.2, 0.25) is 5.91 Å². The summed E-state index contributed by atoms with van der Waals surface area (Å²) in [7, 11) is 0. The van der Waals surface area contributed by atoms with Crippen LogP contribution in [0.3, 0.4) is 0 Å². The zero-order valence-corrected chi connectivity index (χ0v) is 15.0. The summed E-state index contributed by atoms with van der Waals surface area (Å²) >= 11 is 3.25. The zero-order valence-electron chi connectivity index (χ0n) is 13.4. The van der Waals surface area contributed by atoms with Crippen LogP contribution in [0.4, 0.5) is 5.69 Å². The number of aromatic nitrogens is 1. The summed E-state index contributed by atoms with van der Waals surface area (Å²) in [4.78, 5) is 16.6. The van der Waals surface area contributed by atoms with Crippen molar-refractivity contribution in [2.75, 3.05) is 11.1 Å². The molecule has 24 heavy (non-hydrogen) atoms. The highest BCUT2D eigenvalue weighted by Crippen LogP contribution is 2.28. The van der Waals surface area contributed by atoms with Gasteiger partial charge in [-0.2, -0.15) is 0 Å². The molecule has 0 saturated heterocycles. The van der Waals surface area contributed by atoms with Crippen molar-refractivity contribution < 1.29 is 4.79 Å². The number of carbonyl (C=O) groups excluding carboxylic acids is 1. The van der Waals surface area contributed by atoms with Gasteiger partial charge in [0.1, 0.15) is 0 Å². The van der Waals surface area contributed by atoms with E-state index in [1.807, 2.05) is 49.4 Å². The van der Waals surface area contributed by atoms with Crippen molar-refractivity contribution in [3.05, 3.63) is 65.5 Å². The maximum atomic E-state index is 12.0. The molecule has 2 aromatic carbocycles. The van der Waals surface area contributed by atoms with E-state index in [2.05, 4.69) is 27.8 Å². The van der Waals surface area contributed by atoms with Crippen molar-refractivity contribution in [2.24, 2.45) is 0 Å². The number of carbonyl (C=O) groups is 1. The van der Waals surface area contributed by atoms with Crippen LogP contribution in [-0.2, 0) is 4.79 Å². The molecule has 122 valence electrons. The Morgan fingerprint density at radius 1 is 1.17 bits per heavy atom. The van der Waals surface area contributed by atoms with E-state index < -0.39 is 0 Å². The topological polar surface area (TPSA) is 42.0 Å².